The van der Waals surface area contributed by atoms with Gasteiger partial charge in [-0.3, -0.25) is 14.9 Å². The third kappa shape index (κ3) is 3.00. The Morgan fingerprint density at radius 3 is 2.55 bits per heavy atom. The molecule has 1 aromatic carbocycles. The molecule has 0 heterocycles. The van der Waals surface area contributed by atoms with Gasteiger partial charge < -0.3 is 14.7 Å². The standard InChI is InChI=1S/C14H16N2O6/c1-8(14(18)19)15(10-4-5-10)13(17)9-3-6-12(22-2)11(7-9)16(20)21/h3,6-8,10H,4-5H2,1-2H3,(H,18,19). The Balaban J connectivity index is 2.37. The van der Waals surface area contributed by atoms with E-state index in [1.165, 1.54) is 31.1 Å². The summed E-state index contributed by atoms with van der Waals surface area (Å²) in [5.41, 5.74) is -0.250. The Labute approximate surface area is 126 Å². The minimum atomic E-state index is -1.11. The number of benzene rings is 1. The Hall–Kier alpha value is -2.64. The number of rotatable bonds is 6. The van der Waals surface area contributed by atoms with E-state index in [9.17, 15) is 19.7 Å². The van der Waals surface area contributed by atoms with Crippen molar-refractivity contribution in [3.8, 4) is 5.75 Å². The molecule has 1 aliphatic carbocycles. The molecule has 0 radical (unpaired) electrons. The zero-order chi connectivity index (χ0) is 16.4. The van der Waals surface area contributed by atoms with Crippen LogP contribution in [0.25, 0.3) is 0 Å². The van der Waals surface area contributed by atoms with Gasteiger partial charge in [-0.25, -0.2) is 4.79 Å². The fraction of sp³-hybridized carbons (Fsp3) is 0.429. The normalized spacial score (nSPS) is 15.0. The number of nitrogens with zero attached hydrogens (tertiary/aromatic N) is 2. The second-order valence-corrected chi connectivity index (χ2v) is 5.10. The lowest BCUT2D eigenvalue weighted by Crippen LogP contribution is -2.44. The van der Waals surface area contributed by atoms with Gasteiger partial charge in [0.1, 0.15) is 6.04 Å². The van der Waals surface area contributed by atoms with E-state index in [0.717, 1.165) is 18.9 Å². The van der Waals surface area contributed by atoms with Gasteiger partial charge in [0, 0.05) is 17.7 Å². The minimum absolute atomic E-state index is 0.0470. The van der Waals surface area contributed by atoms with Gasteiger partial charge in [-0.05, 0) is 31.9 Å². The molecular formula is C14H16N2O6. The lowest BCUT2D eigenvalue weighted by Gasteiger charge is -2.26. The molecule has 1 N–H and O–H groups in total. The van der Waals surface area contributed by atoms with Crippen LogP contribution in [0.3, 0.4) is 0 Å². The maximum Gasteiger partial charge on any atom is 0.326 e. The maximum atomic E-state index is 12.5. The summed E-state index contributed by atoms with van der Waals surface area (Å²) in [5, 5.41) is 20.1. The summed E-state index contributed by atoms with van der Waals surface area (Å²) in [6.45, 7) is 1.43. The third-order valence-electron chi connectivity index (χ3n) is 3.57. The van der Waals surface area contributed by atoms with E-state index < -0.39 is 22.8 Å². The molecule has 2 rings (SSSR count). The van der Waals surface area contributed by atoms with Gasteiger partial charge in [-0.1, -0.05) is 0 Å². The number of aliphatic carboxylic acids is 1. The fourth-order valence-corrected chi connectivity index (χ4v) is 2.24. The molecule has 0 aliphatic heterocycles. The number of amides is 1. The van der Waals surface area contributed by atoms with E-state index in [0.29, 0.717) is 0 Å². The number of methoxy groups -OCH3 is 1. The number of hydrogen-bond donors (Lipinski definition) is 1. The highest BCUT2D eigenvalue weighted by molar-refractivity contribution is 5.97. The molecule has 1 fully saturated rings. The summed E-state index contributed by atoms with van der Waals surface area (Å²) in [7, 11) is 1.30. The van der Waals surface area contributed by atoms with Gasteiger partial charge in [0.25, 0.3) is 5.91 Å². The van der Waals surface area contributed by atoms with Crippen LogP contribution in [-0.4, -0.2) is 46.0 Å². The van der Waals surface area contributed by atoms with E-state index in [-0.39, 0.29) is 23.0 Å². The number of carboxylic acids is 1. The monoisotopic (exact) mass is 308 g/mol. The van der Waals surface area contributed by atoms with Crippen LogP contribution in [0.1, 0.15) is 30.1 Å². The van der Waals surface area contributed by atoms with Crippen LogP contribution in [0, 0.1) is 10.1 Å². The van der Waals surface area contributed by atoms with Crippen molar-refractivity contribution in [3.05, 3.63) is 33.9 Å². The zero-order valence-corrected chi connectivity index (χ0v) is 12.2. The summed E-state index contributed by atoms with van der Waals surface area (Å²) in [6, 6.07) is 2.74. The van der Waals surface area contributed by atoms with Crippen LogP contribution in [0.4, 0.5) is 5.69 Å². The van der Waals surface area contributed by atoms with Crippen molar-refractivity contribution in [3.63, 3.8) is 0 Å². The first-order chi connectivity index (χ1) is 10.4. The van der Waals surface area contributed by atoms with Gasteiger partial charge in [-0.15, -0.1) is 0 Å². The molecular weight excluding hydrogens is 292 g/mol. The van der Waals surface area contributed by atoms with Crippen molar-refractivity contribution in [1.82, 2.24) is 4.90 Å². The largest absolute Gasteiger partial charge is 0.490 e. The van der Waals surface area contributed by atoms with Crippen LogP contribution in [0.5, 0.6) is 5.75 Å². The topological polar surface area (TPSA) is 110 Å². The second kappa shape index (κ2) is 6.00. The summed E-state index contributed by atoms with van der Waals surface area (Å²) < 4.78 is 4.89. The number of ether oxygens (including phenoxy) is 1. The SMILES string of the molecule is COc1ccc(C(=O)N(C2CC2)C(C)C(=O)O)cc1[N+](=O)[O-]. The molecule has 1 saturated carbocycles. The van der Waals surface area contributed by atoms with Crippen molar-refractivity contribution in [2.24, 2.45) is 0 Å². The molecule has 0 saturated heterocycles. The second-order valence-electron chi connectivity index (χ2n) is 5.10. The van der Waals surface area contributed by atoms with Crippen molar-refractivity contribution in [2.45, 2.75) is 31.8 Å². The Bertz CT molecular complexity index is 626. The average molecular weight is 308 g/mol. The molecule has 8 heteroatoms. The predicted octanol–water partition coefficient (Wildman–Crippen LogP) is 1.68. The lowest BCUT2D eigenvalue weighted by molar-refractivity contribution is -0.385. The van der Waals surface area contributed by atoms with Gasteiger partial charge in [0.15, 0.2) is 5.75 Å². The predicted molar refractivity (Wildman–Crippen MR) is 75.9 cm³/mol. The molecule has 1 unspecified atom stereocenters. The summed E-state index contributed by atoms with van der Waals surface area (Å²) in [6.07, 6.45) is 1.48. The first-order valence-corrected chi connectivity index (χ1v) is 6.74. The van der Waals surface area contributed by atoms with E-state index >= 15 is 0 Å². The van der Waals surface area contributed by atoms with E-state index in [2.05, 4.69) is 0 Å². The molecule has 1 aromatic rings. The minimum Gasteiger partial charge on any atom is -0.490 e. The molecule has 1 aliphatic rings. The van der Waals surface area contributed by atoms with Crippen LogP contribution in [0.2, 0.25) is 0 Å². The third-order valence-corrected chi connectivity index (χ3v) is 3.57. The summed E-state index contributed by atoms with van der Waals surface area (Å²) >= 11 is 0. The molecule has 0 aromatic heterocycles. The number of nitro groups is 1. The van der Waals surface area contributed by atoms with Crippen LogP contribution >= 0.6 is 0 Å². The zero-order valence-electron chi connectivity index (χ0n) is 12.2. The lowest BCUT2D eigenvalue weighted by atomic mass is 10.1. The number of carboxylic acid groups (broad SMARTS) is 1. The van der Waals surface area contributed by atoms with Crippen LogP contribution in [0.15, 0.2) is 18.2 Å². The van der Waals surface area contributed by atoms with Gasteiger partial charge in [-0.2, -0.15) is 0 Å². The van der Waals surface area contributed by atoms with Gasteiger partial charge in [0.2, 0.25) is 0 Å². The number of hydrogen-bond acceptors (Lipinski definition) is 5. The average Bonchev–Trinajstić information content (AvgIpc) is 3.31. The fourth-order valence-electron chi connectivity index (χ4n) is 2.24. The van der Waals surface area contributed by atoms with Crippen molar-refractivity contribution in [2.75, 3.05) is 7.11 Å². The van der Waals surface area contributed by atoms with E-state index in [1.807, 2.05) is 0 Å². The quantitative estimate of drug-likeness (QED) is 0.632. The highest BCUT2D eigenvalue weighted by Gasteiger charge is 2.39. The first-order valence-electron chi connectivity index (χ1n) is 6.74. The Morgan fingerprint density at radius 1 is 1.45 bits per heavy atom. The number of nitro benzene ring substituents is 1. The molecule has 118 valence electrons. The highest BCUT2D eigenvalue weighted by Crippen LogP contribution is 2.32. The number of carbonyl (C=O) groups excluding carboxylic acids is 1. The molecule has 0 bridgehead atoms. The van der Waals surface area contributed by atoms with Gasteiger partial charge in [0.05, 0.1) is 12.0 Å². The van der Waals surface area contributed by atoms with Crippen LogP contribution in [-0.2, 0) is 4.79 Å². The van der Waals surface area contributed by atoms with Crippen molar-refractivity contribution in [1.29, 1.82) is 0 Å². The smallest absolute Gasteiger partial charge is 0.326 e. The highest BCUT2D eigenvalue weighted by atomic mass is 16.6. The first kappa shape index (κ1) is 15.7. The molecule has 22 heavy (non-hydrogen) atoms. The molecule has 8 nitrogen and oxygen atoms in total. The Kier molecular flexibility index (Phi) is 4.30. The summed E-state index contributed by atoms with van der Waals surface area (Å²) in [5.74, 6) is -1.59. The van der Waals surface area contributed by atoms with E-state index in [4.69, 9.17) is 9.84 Å². The summed E-state index contributed by atoms with van der Waals surface area (Å²) in [4.78, 5) is 35.4. The van der Waals surface area contributed by atoms with Crippen LogP contribution < -0.4 is 4.74 Å². The molecule has 1 amide bonds. The number of carbonyl (C=O) groups is 2. The van der Waals surface area contributed by atoms with Crippen molar-refractivity contribution < 1.29 is 24.4 Å². The van der Waals surface area contributed by atoms with E-state index in [1.54, 1.807) is 0 Å². The Morgan fingerprint density at radius 2 is 2.09 bits per heavy atom. The molecule has 1 atom stereocenters. The van der Waals surface area contributed by atoms with Gasteiger partial charge >= 0.3 is 11.7 Å². The maximum absolute atomic E-state index is 12.5. The van der Waals surface area contributed by atoms with Crippen molar-refractivity contribution >= 4 is 17.6 Å². The molecule has 0 spiro atoms.